The van der Waals surface area contributed by atoms with E-state index >= 15 is 0 Å². The average molecular weight is 824 g/mol. The van der Waals surface area contributed by atoms with Crippen molar-refractivity contribution in [2.75, 3.05) is 12.1 Å². The van der Waals surface area contributed by atoms with E-state index in [0.717, 1.165) is 3.57 Å². The molecule has 6 atom stereocenters. The van der Waals surface area contributed by atoms with Gasteiger partial charge in [0.15, 0.2) is 0 Å². The maximum atomic E-state index is 13.2. The van der Waals surface area contributed by atoms with Gasteiger partial charge in [0.1, 0.15) is 35.3 Å². The number of esters is 2. The zero-order chi connectivity index (χ0) is 35.4. The third-order valence-electron chi connectivity index (χ3n) is 8.71. The molecule has 0 spiro atoms. The minimum Gasteiger partial charge on any atom is -0.426 e. The van der Waals surface area contributed by atoms with Crippen LogP contribution < -0.4 is 21.1 Å². The maximum Gasteiger partial charge on any atom is 0.417 e. The van der Waals surface area contributed by atoms with Crippen LogP contribution in [0.3, 0.4) is 0 Å². The second-order valence-electron chi connectivity index (χ2n) is 12.9. The molecule has 14 nitrogen and oxygen atoms in total. The molecule has 4 N–H and O–H groups in total. The molecule has 4 aliphatic rings. The van der Waals surface area contributed by atoms with Gasteiger partial charge in [-0.2, -0.15) is 0 Å². The molecule has 4 saturated heterocycles. The van der Waals surface area contributed by atoms with Gasteiger partial charge in [-0.25, -0.2) is 14.4 Å². The third kappa shape index (κ3) is 6.81. The molecule has 49 heavy (non-hydrogen) atoms. The Morgan fingerprint density at radius 3 is 2.22 bits per heavy atom. The molecule has 2 aromatic rings. The SMILES string of the molecule is CC1(C)S[C@@H]2[C@H](NC(=O)C(N)c3ccc(OC(=O)Nc4cccc(I)c4)cc3)C(=O)N2[C@H]1C(=O)OCOC(=O)[C@@H]1N2C(=O)C[C@H]2SC1(C)C. The molecule has 260 valence electrons. The molecule has 4 heterocycles. The number of hydrogen-bond acceptors (Lipinski definition) is 12. The number of anilines is 1. The number of thioether (sulfide) groups is 2. The molecule has 0 radical (unpaired) electrons. The predicted octanol–water partition coefficient (Wildman–Crippen LogP) is 2.95. The van der Waals surface area contributed by atoms with Crippen molar-refractivity contribution in [2.45, 2.75) is 78.5 Å². The lowest BCUT2D eigenvalue weighted by Gasteiger charge is -2.44. The molecule has 2 aromatic carbocycles. The molecular weight excluding hydrogens is 789 g/mol. The van der Waals surface area contributed by atoms with Gasteiger partial charge >= 0.3 is 18.0 Å². The molecule has 0 saturated carbocycles. The van der Waals surface area contributed by atoms with E-state index in [1.807, 2.05) is 19.9 Å². The summed E-state index contributed by atoms with van der Waals surface area (Å²) in [7, 11) is 0. The predicted molar refractivity (Wildman–Crippen MR) is 188 cm³/mol. The number of amides is 4. The van der Waals surface area contributed by atoms with Crippen molar-refractivity contribution in [3.8, 4) is 5.75 Å². The maximum absolute atomic E-state index is 13.2. The molecule has 0 bridgehead atoms. The Kier molecular flexibility index (Phi) is 9.57. The monoisotopic (exact) mass is 823 g/mol. The van der Waals surface area contributed by atoms with Crippen molar-refractivity contribution in [3.05, 3.63) is 57.7 Å². The van der Waals surface area contributed by atoms with E-state index in [1.165, 1.54) is 45.5 Å². The summed E-state index contributed by atoms with van der Waals surface area (Å²) in [6, 6.07) is 9.48. The summed E-state index contributed by atoms with van der Waals surface area (Å²) in [5, 5.41) is 4.72. The lowest BCUT2D eigenvalue weighted by Crippen LogP contribution is -2.71. The quantitative estimate of drug-likeness (QED) is 0.146. The number of β-lactam (4-membered cyclic amide) rings is 2. The molecule has 17 heteroatoms. The first-order valence-electron chi connectivity index (χ1n) is 15.3. The first-order valence-corrected chi connectivity index (χ1v) is 18.1. The summed E-state index contributed by atoms with van der Waals surface area (Å²) in [4.78, 5) is 79.6. The van der Waals surface area contributed by atoms with E-state index in [-0.39, 0.29) is 17.0 Å². The molecular formula is C32H34IN5O9S2. The molecule has 4 fully saturated rings. The summed E-state index contributed by atoms with van der Waals surface area (Å²) in [5.41, 5.74) is 7.22. The number of carbonyl (C=O) groups excluding carboxylic acids is 6. The van der Waals surface area contributed by atoms with Crippen molar-refractivity contribution in [3.63, 3.8) is 0 Å². The Bertz CT molecular complexity index is 1720. The molecule has 0 aliphatic carbocycles. The number of benzene rings is 2. The number of rotatable bonds is 9. The highest BCUT2D eigenvalue weighted by Gasteiger charge is 2.65. The average Bonchev–Trinajstić information content (AvgIpc) is 3.42. The number of hydrogen-bond donors (Lipinski definition) is 3. The Morgan fingerprint density at radius 2 is 1.59 bits per heavy atom. The number of fused-ring (bicyclic) bond motifs is 2. The third-order valence-corrected chi connectivity index (χ3v) is 12.5. The smallest absolute Gasteiger partial charge is 0.417 e. The fraction of sp³-hybridized carbons (Fsp3) is 0.438. The highest BCUT2D eigenvalue weighted by molar-refractivity contribution is 14.1. The van der Waals surface area contributed by atoms with Crippen molar-refractivity contribution >= 4 is 87.6 Å². The first kappa shape index (κ1) is 35.3. The van der Waals surface area contributed by atoms with E-state index in [1.54, 1.807) is 44.2 Å². The Morgan fingerprint density at radius 1 is 0.959 bits per heavy atom. The summed E-state index contributed by atoms with van der Waals surface area (Å²) in [6.45, 7) is 6.62. The van der Waals surface area contributed by atoms with Gasteiger partial charge in [0.25, 0.3) is 0 Å². The van der Waals surface area contributed by atoms with Crippen molar-refractivity contribution < 1.29 is 43.0 Å². The van der Waals surface area contributed by atoms with E-state index in [9.17, 15) is 28.8 Å². The van der Waals surface area contributed by atoms with Crippen molar-refractivity contribution in [2.24, 2.45) is 5.73 Å². The van der Waals surface area contributed by atoms with Crippen LogP contribution in [-0.4, -0.2) is 90.7 Å². The van der Waals surface area contributed by atoms with Gasteiger partial charge in [-0.05, 0) is 86.2 Å². The highest BCUT2D eigenvalue weighted by Crippen LogP contribution is 2.52. The van der Waals surface area contributed by atoms with Crippen LogP contribution in [0.25, 0.3) is 0 Å². The van der Waals surface area contributed by atoms with E-state index in [0.29, 0.717) is 17.7 Å². The molecule has 4 aliphatic heterocycles. The van der Waals surface area contributed by atoms with Crippen LogP contribution in [0.2, 0.25) is 0 Å². The summed E-state index contributed by atoms with van der Waals surface area (Å²) >= 11 is 4.99. The van der Waals surface area contributed by atoms with Crippen molar-refractivity contribution in [1.82, 2.24) is 15.1 Å². The second kappa shape index (κ2) is 13.3. The van der Waals surface area contributed by atoms with Crippen LogP contribution >= 0.6 is 46.1 Å². The molecule has 1 unspecified atom stereocenters. The fourth-order valence-corrected chi connectivity index (χ4v) is 10.1. The standard InChI is InChI=1S/C32H34IN5O9S2/c1-31(2)23(37-19(39)13-20(37)48-31)28(42)45-14-46-29(43)24-32(3,4)49-27-22(26(41)38(24)27)36-25(40)21(34)15-8-10-18(11-9-15)47-30(44)35-17-7-5-6-16(33)12-17/h5-12,20-24,27H,13-14,34H2,1-4H3,(H,35,44)(H,36,40)/t20-,21?,22-,23+,24+,27-/m1/s1. The number of nitrogens with zero attached hydrogens (tertiary/aromatic N) is 2. The van der Waals surface area contributed by atoms with Gasteiger partial charge in [-0.3, -0.25) is 19.7 Å². The largest absolute Gasteiger partial charge is 0.426 e. The van der Waals surface area contributed by atoms with Gasteiger partial charge in [-0.1, -0.05) is 18.2 Å². The highest BCUT2D eigenvalue weighted by atomic mass is 127. The van der Waals surface area contributed by atoms with E-state index in [2.05, 4.69) is 33.2 Å². The lowest BCUT2D eigenvalue weighted by atomic mass is 9.95. The number of nitrogens with one attached hydrogen (secondary N) is 2. The summed E-state index contributed by atoms with van der Waals surface area (Å²) in [5.74, 6) is -2.38. The van der Waals surface area contributed by atoms with Crippen LogP contribution in [0.4, 0.5) is 10.5 Å². The van der Waals surface area contributed by atoms with Crippen LogP contribution in [0.15, 0.2) is 48.5 Å². The summed E-state index contributed by atoms with van der Waals surface area (Å²) < 4.78 is 15.5. The summed E-state index contributed by atoms with van der Waals surface area (Å²) in [6.07, 6.45) is -0.307. The van der Waals surface area contributed by atoms with Crippen LogP contribution in [-0.2, 0) is 33.4 Å². The van der Waals surface area contributed by atoms with Crippen LogP contribution in [0.1, 0.15) is 45.7 Å². The van der Waals surface area contributed by atoms with Crippen LogP contribution in [0, 0.1) is 3.57 Å². The van der Waals surface area contributed by atoms with Crippen LogP contribution in [0.5, 0.6) is 5.75 Å². The Hall–Kier alpha value is -3.55. The fourth-order valence-electron chi connectivity index (χ4n) is 6.34. The van der Waals surface area contributed by atoms with Crippen molar-refractivity contribution in [1.29, 1.82) is 0 Å². The first-order chi connectivity index (χ1) is 23.1. The van der Waals surface area contributed by atoms with E-state index < -0.39 is 75.7 Å². The minimum absolute atomic E-state index is 0.0687. The molecule has 4 amide bonds. The zero-order valence-corrected chi connectivity index (χ0v) is 30.6. The Labute approximate surface area is 304 Å². The minimum atomic E-state index is -1.13. The zero-order valence-electron chi connectivity index (χ0n) is 26.8. The molecule has 0 aromatic heterocycles. The number of ether oxygens (including phenoxy) is 3. The van der Waals surface area contributed by atoms with Gasteiger partial charge in [0.2, 0.25) is 24.5 Å². The lowest BCUT2D eigenvalue weighted by molar-refractivity contribution is -0.181. The number of halogens is 1. The molecule has 6 rings (SSSR count). The van der Waals surface area contributed by atoms with E-state index in [4.69, 9.17) is 19.9 Å². The van der Waals surface area contributed by atoms with Gasteiger partial charge in [0.05, 0.1) is 11.8 Å². The van der Waals surface area contributed by atoms with Gasteiger partial charge < -0.3 is 35.1 Å². The number of nitrogens with two attached hydrogens (primary N) is 1. The normalized spacial score (nSPS) is 26.4. The topological polar surface area (TPSA) is 187 Å². The Balaban J connectivity index is 0.996. The van der Waals surface area contributed by atoms with Gasteiger partial charge in [-0.15, -0.1) is 23.5 Å². The van der Waals surface area contributed by atoms with Gasteiger partial charge in [0, 0.05) is 18.8 Å². The second-order valence-corrected chi connectivity index (χ2v) is 17.8. The number of carbonyl (C=O) groups is 6.